The highest BCUT2D eigenvalue weighted by molar-refractivity contribution is 14.0. The number of methoxy groups -OCH3 is 1. The zero-order valence-electron chi connectivity index (χ0n) is 13.3. The maximum absolute atomic E-state index is 13.6. The Morgan fingerprint density at radius 3 is 2.48 bits per heavy atom. The van der Waals surface area contributed by atoms with Crippen LogP contribution in [-0.2, 0) is 6.54 Å². The molecule has 2 N–H and O–H groups in total. The molecule has 4 nitrogen and oxygen atoms in total. The molecule has 0 amide bonds. The predicted molar refractivity (Wildman–Crippen MR) is 96.1 cm³/mol. The number of nitrogens with zero attached hydrogens (tertiary/aromatic N) is 1. The largest absolute Gasteiger partial charge is 0.494 e. The van der Waals surface area contributed by atoms with Gasteiger partial charge in [-0.2, -0.15) is 0 Å². The molecular formula is C15H25FIN3O. The highest BCUT2D eigenvalue weighted by atomic mass is 127. The first-order valence-electron chi connectivity index (χ1n) is 6.74. The summed E-state index contributed by atoms with van der Waals surface area (Å²) in [6.07, 6.45) is 0. The molecule has 21 heavy (non-hydrogen) atoms. The smallest absolute Gasteiger partial charge is 0.191 e. The number of halogens is 2. The van der Waals surface area contributed by atoms with Crippen LogP contribution in [0.4, 0.5) is 4.39 Å². The normalized spacial score (nSPS) is 11.6. The van der Waals surface area contributed by atoms with Gasteiger partial charge in [0.25, 0.3) is 0 Å². The standard InChI is InChI=1S/C15H24FN3O.HI/c1-6-17-14(19-15(2,3)4)18-10-11-7-8-13(20-5)12(16)9-11;/h7-9H,6,10H2,1-5H3,(H2,17,18,19);1H. The molecule has 0 radical (unpaired) electrons. The van der Waals surface area contributed by atoms with E-state index in [9.17, 15) is 4.39 Å². The number of benzene rings is 1. The van der Waals surface area contributed by atoms with Gasteiger partial charge < -0.3 is 15.4 Å². The highest BCUT2D eigenvalue weighted by Gasteiger charge is 2.11. The molecule has 1 aromatic carbocycles. The van der Waals surface area contributed by atoms with Crippen LogP contribution in [-0.4, -0.2) is 25.2 Å². The summed E-state index contributed by atoms with van der Waals surface area (Å²) < 4.78 is 18.5. The van der Waals surface area contributed by atoms with E-state index < -0.39 is 0 Å². The summed E-state index contributed by atoms with van der Waals surface area (Å²) in [5, 5.41) is 6.45. The summed E-state index contributed by atoms with van der Waals surface area (Å²) in [5.74, 6) is 0.600. The van der Waals surface area contributed by atoms with Crippen molar-refractivity contribution in [1.29, 1.82) is 0 Å². The Labute approximate surface area is 143 Å². The lowest BCUT2D eigenvalue weighted by molar-refractivity contribution is 0.386. The Hall–Kier alpha value is -1.05. The van der Waals surface area contributed by atoms with E-state index in [0.29, 0.717) is 6.54 Å². The molecular weight excluding hydrogens is 384 g/mol. The highest BCUT2D eigenvalue weighted by Crippen LogP contribution is 2.18. The van der Waals surface area contributed by atoms with Gasteiger partial charge in [-0.1, -0.05) is 6.07 Å². The summed E-state index contributed by atoms with van der Waals surface area (Å²) in [4.78, 5) is 4.45. The number of hydrogen-bond acceptors (Lipinski definition) is 2. The fourth-order valence-corrected chi connectivity index (χ4v) is 1.64. The van der Waals surface area contributed by atoms with Crippen LogP contribution < -0.4 is 15.4 Å². The number of rotatable bonds is 4. The number of aliphatic imine (C=N–C) groups is 1. The lowest BCUT2D eigenvalue weighted by atomic mass is 10.1. The molecule has 120 valence electrons. The summed E-state index contributed by atoms with van der Waals surface area (Å²) in [5.41, 5.74) is 0.723. The van der Waals surface area contributed by atoms with Crippen LogP contribution >= 0.6 is 24.0 Å². The molecule has 1 aromatic rings. The lowest BCUT2D eigenvalue weighted by Crippen LogP contribution is -2.47. The second-order valence-corrected chi connectivity index (χ2v) is 5.54. The molecule has 0 saturated heterocycles. The molecule has 6 heteroatoms. The Kier molecular flexibility index (Phi) is 8.61. The first-order chi connectivity index (χ1) is 9.35. The summed E-state index contributed by atoms with van der Waals surface area (Å²) in [7, 11) is 1.45. The SMILES string of the molecule is CCNC(=NCc1ccc(OC)c(F)c1)NC(C)(C)C.I. The van der Waals surface area contributed by atoms with Crippen LogP contribution in [0.5, 0.6) is 5.75 Å². The van der Waals surface area contributed by atoms with E-state index >= 15 is 0 Å². The predicted octanol–water partition coefficient (Wildman–Crippen LogP) is 3.31. The number of guanidine groups is 1. The van der Waals surface area contributed by atoms with E-state index in [2.05, 4.69) is 36.4 Å². The Balaban J connectivity index is 0.00000400. The van der Waals surface area contributed by atoms with Gasteiger partial charge in [0.1, 0.15) is 0 Å². The second kappa shape index (κ2) is 9.07. The fraction of sp³-hybridized carbons (Fsp3) is 0.533. The Morgan fingerprint density at radius 2 is 2.00 bits per heavy atom. The van der Waals surface area contributed by atoms with Crippen LogP contribution in [0, 0.1) is 5.82 Å². The van der Waals surface area contributed by atoms with Crippen molar-refractivity contribution in [2.24, 2.45) is 4.99 Å². The van der Waals surface area contributed by atoms with Gasteiger partial charge >= 0.3 is 0 Å². The lowest BCUT2D eigenvalue weighted by Gasteiger charge is -2.23. The van der Waals surface area contributed by atoms with Crippen LogP contribution in [0.25, 0.3) is 0 Å². The van der Waals surface area contributed by atoms with E-state index in [4.69, 9.17) is 4.74 Å². The van der Waals surface area contributed by atoms with Crippen molar-refractivity contribution in [3.63, 3.8) is 0 Å². The van der Waals surface area contributed by atoms with Crippen molar-refractivity contribution in [3.8, 4) is 5.75 Å². The van der Waals surface area contributed by atoms with Crippen molar-refractivity contribution in [2.45, 2.75) is 39.8 Å². The maximum Gasteiger partial charge on any atom is 0.191 e. The van der Waals surface area contributed by atoms with E-state index in [-0.39, 0.29) is 41.1 Å². The molecule has 0 fully saturated rings. The monoisotopic (exact) mass is 409 g/mol. The third kappa shape index (κ3) is 7.50. The topological polar surface area (TPSA) is 45.7 Å². The van der Waals surface area contributed by atoms with Crippen LogP contribution in [0.1, 0.15) is 33.3 Å². The average Bonchev–Trinajstić information content (AvgIpc) is 2.34. The van der Waals surface area contributed by atoms with Crippen molar-refractivity contribution in [3.05, 3.63) is 29.6 Å². The van der Waals surface area contributed by atoms with Gasteiger partial charge in [-0.3, -0.25) is 0 Å². The third-order valence-electron chi connectivity index (χ3n) is 2.47. The molecule has 0 bridgehead atoms. The van der Waals surface area contributed by atoms with Gasteiger partial charge in [0.05, 0.1) is 13.7 Å². The summed E-state index contributed by atoms with van der Waals surface area (Å²) >= 11 is 0. The first kappa shape index (κ1) is 19.9. The van der Waals surface area contributed by atoms with Crippen molar-refractivity contribution < 1.29 is 9.13 Å². The van der Waals surface area contributed by atoms with Crippen LogP contribution in [0.15, 0.2) is 23.2 Å². The van der Waals surface area contributed by atoms with E-state index in [1.807, 2.05) is 13.0 Å². The van der Waals surface area contributed by atoms with Gasteiger partial charge in [-0.15, -0.1) is 24.0 Å². The molecule has 0 aromatic heterocycles. The van der Waals surface area contributed by atoms with Gasteiger partial charge in [0.2, 0.25) is 0 Å². The van der Waals surface area contributed by atoms with Gasteiger partial charge in [-0.05, 0) is 45.4 Å². The number of ether oxygens (including phenoxy) is 1. The third-order valence-corrected chi connectivity index (χ3v) is 2.47. The van der Waals surface area contributed by atoms with Gasteiger partial charge in [0, 0.05) is 12.1 Å². The minimum absolute atomic E-state index is 0. The van der Waals surface area contributed by atoms with Crippen molar-refractivity contribution in [1.82, 2.24) is 10.6 Å². The Morgan fingerprint density at radius 1 is 1.33 bits per heavy atom. The van der Waals surface area contributed by atoms with Crippen molar-refractivity contribution in [2.75, 3.05) is 13.7 Å². The summed E-state index contributed by atoms with van der Waals surface area (Å²) in [6.45, 7) is 9.38. The van der Waals surface area contributed by atoms with Crippen LogP contribution in [0.3, 0.4) is 0 Å². The number of nitrogens with one attached hydrogen (secondary N) is 2. The fourth-order valence-electron chi connectivity index (χ4n) is 1.64. The molecule has 0 aliphatic carbocycles. The molecule has 0 aliphatic rings. The van der Waals surface area contributed by atoms with Gasteiger partial charge in [-0.25, -0.2) is 9.38 Å². The molecule has 0 aliphatic heterocycles. The van der Waals surface area contributed by atoms with Gasteiger partial charge in [0.15, 0.2) is 17.5 Å². The molecule has 1 rings (SSSR count). The molecule has 0 atom stereocenters. The average molecular weight is 409 g/mol. The molecule has 0 heterocycles. The van der Waals surface area contributed by atoms with Crippen molar-refractivity contribution >= 4 is 29.9 Å². The minimum Gasteiger partial charge on any atom is -0.494 e. The Bertz CT molecular complexity index is 472. The quantitative estimate of drug-likeness (QED) is 0.456. The molecule has 0 unspecified atom stereocenters. The zero-order valence-corrected chi connectivity index (χ0v) is 15.6. The van der Waals surface area contributed by atoms with Crippen LogP contribution in [0.2, 0.25) is 0 Å². The molecule has 0 spiro atoms. The van der Waals surface area contributed by atoms with E-state index in [1.165, 1.54) is 13.2 Å². The van der Waals surface area contributed by atoms with E-state index in [0.717, 1.165) is 18.1 Å². The first-order valence-corrected chi connectivity index (χ1v) is 6.74. The maximum atomic E-state index is 13.6. The summed E-state index contributed by atoms with van der Waals surface area (Å²) in [6, 6.07) is 4.87. The number of hydrogen-bond donors (Lipinski definition) is 2. The second-order valence-electron chi connectivity index (χ2n) is 5.54. The van der Waals surface area contributed by atoms with E-state index in [1.54, 1.807) is 6.07 Å². The molecule has 0 saturated carbocycles. The zero-order chi connectivity index (χ0) is 15.2. The minimum atomic E-state index is -0.367.